The second-order valence-corrected chi connectivity index (χ2v) is 9.84. The van der Waals surface area contributed by atoms with Crippen molar-refractivity contribution < 1.29 is 14.3 Å². The molecule has 4 rings (SSSR count). The number of hydrogen-bond acceptors (Lipinski definition) is 5. The number of nitrogens with zero attached hydrogens (tertiary/aromatic N) is 2. The molecule has 3 N–H and O–H groups in total. The fourth-order valence-corrected chi connectivity index (χ4v) is 6.22. The summed E-state index contributed by atoms with van der Waals surface area (Å²) >= 11 is 0. The fourth-order valence-electron chi connectivity index (χ4n) is 6.22. The van der Waals surface area contributed by atoms with E-state index >= 15 is 0 Å². The van der Waals surface area contributed by atoms with Crippen LogP contribution in [0.4, 0.5) is 4.39 Å². The smallest absolute Gasteiger partial charge is 0.237 e. The number of aliphatic hydroxyl groups is 1. The third kappa shape index (κ3) is 4.94. The molecule has 166 valence electrons. The van der Waals surface area contributed by atoms with E-state index < -0.39 is 6.17 Å². The third-order valence-corrected chi connectivity index (χ3v) is 7.99. The predicted molar refractivity (Wildman–Crippen MR) is 111 cm³/mol. The summed E-state index contributed by atoms with van der Waals surface area (Å²) in [7, 11) is 0. The van der Waals surface area contributed by atoms with Crippen LogP contribution in [-0.2, 0) is 4.79 Å². The number of rotatable bonds is 5. The molecule has 29 heavy (non-hydrogen) atoms. The van der Waals surface area contributed by atoms with Crippen LogP contribution in [0.1, 0.15) is 51.9 Å². The number of nitrogens with one attached hydrogen (secondary N) is 2. The highest BCUT2D eigenvalue weighted by molar-refractivity contribution is 5.82. The highest BCUT2D eigenvalue weighted by atomic mass is 19.1. The second-order valence-electron chi connectivity index (χ2n) is 9.84. The molecular weight excluding hydrogens is 371 g/mol. The Balaban J connectivity index is 1.26. The summed E-state index contributed by atoms with van der Waals surface area (Å²) in [4.78, 5) is 17.8. The molecule has 7 heteroatoms. The molecule has 0 aromatic heterocycles. The van der Waals surface area contributed by atoms with E-state index in [-0.39, 0.29) is 36.6 Å². The van der Waals surface area contributed by atoms with Gasteiger partial charge >= 0.3 is 0 Å². The van der Waals surface area contributed by atoms with Gasteiger partial charge in [0.1, 0.15) is 6.17 Å². The number of halogens is 1. The predicted octanol–water partition coefficient (Wildman–Crippen LogP) is 1.14. The van der Waals surface area contributed by atoms with Gasteiger partial charge in [-0.05, 0) is 50.9 Å². The average molecular weight is 411 g/mol. The summed E-state index contributed by atoms with van der Waals surface area (Å²) in [6.07, 6.45) is 5.88. The van der Waals surface area contributed by atoms with Crippen molar-refractivity contribution in [2.45, 2.75) is 82.2 Å². The quantitative estimate of drug-likeness (QED) is 0.634. The van der Waals surface area contributed by atoms with Crippen LogP contribution in [0.2, 0.25) is 0 Å². The van der Waals surface area contributed by atoms with Crippen LogP contribution < -0.4 is 10.6 Å². The third-order valence-electron chi connectivity index (χ3n) is 7.99. The number of carbonyl (C=O) groups is 1. The average Bonchev–Trinajstić information content (AvgIpc) is 3.19. The van der Waals surface area contributed by atoms with E-state index in [4.69, 9.17) is 5.11 Å². The van der Waals surface area contributed by atoms with Crippen molar-refractivity contribution in [3.05, 3.63) is 0 Å². The number of carbonyl (C=O) groups excluding carboxylic acids is 1. The lowest BCUT2D eigenvalue weighted by Gasteiger charge is -2.42. The summed E-state index contributed by atoms with van der Waals surface area (Å²) in [6, 6.07) is 0.703. The van der Waals surface area contributed by atoms with Gasteiger partial charge in [-0.1, -0.05) is 6.92 Å². The molecule has 0 aromatic rings. The summed E-state index contributed by atoms with van der Waals surface area (Å²) < 4.78 is 14.3. The first-order valence-corrected chi connectivity index (χ1v) is 11.8. The van der Waals surface area contributed by atoms with E-state index in [1.807, 2.05) is 0 Å². The summed E-state index contributed by atoms with van der Waals surface area (Å²) in [5.74, 6) is 0.536. The number of β-amino-alcohol motifs (C(OH)–C–C–N with tert-alkyl or cyclic N) is 1. The lowest BCUT2D eigenvalue weighted by molar-refractivity contribution is -0.124. The van der Waals surface area contributed by atoms with E-state index in [1.165, 1.54) is 6.42 Å². The normalized spacial score (nSPS) is 41.8. The van der Waals surface area contributed by atoms with Crippen LogP contribution in [0.25, 0.3) is 0 Å². The van der Waals surface area contributed by atoms with E-state index in [2.05, 4.69) is 27.4 Å². The Morgan fingerprint density at radius 1 is 1.14 bits per heavy atom. The first kappa shape index (κ1) is 21.5. The number of hydrogen-bond donors (Lipinski definition) is 3. The summed E-state index contributed by atoms with van der Waals surface area (Å²) in [6.45, 7) is 7.32. The Kier molecular flexibility index (Phi) is 7.10. The van der Waals surface area contributed by atoms with Gasteiger partial charge < -0.3 is 15.7 Å². The van der Waals surface area contributed by atoms with Crippen LogP contribution in [-0.4, -0.2) is 90.5 Å². The first-order chi connectivity index (χ1) is 14.0. The molecule has 0 radical (unpaired) electrons. The zero-order chi connectivity index (χ0) is 20.4. The highest BCUT2D eigenvalue weighted by Gasteiger charge is 2.46. The standard InChI is InChI=1S/C22H39FN4O2/c1-15-5-6-19(23)18-14-20(25-21(15)18)22(29)24-16-3-2-4-17(13-16)27-9-7-26(8-10-27)11-12-28/h15-21,25,28H,2-14H2,1H3,(H,24,29). The molecule has 6 nitrogen and oxygen atoms in total. The molecule has 2 saturated heterocycles. The molecule has 7 atom stereocenters. The van der Waals surface area contributed by atoms with Gasteiger partial charge in [0.25, 0.3) is 0 Å². The van der Waals surface area contributed by atoms with E-state index in [0.717, 1.165) is 58.4 Å². The highest BCUT2D eigenvalue weighted by Crippen LogP contribution is 2.38. The minimum atomic E-state index is -0.759. The molecule has 0 aromatic carbocycles. The minimum Gasteiger partial charge on any atom is -0.395 e. The van der Waals surface area contributed by atoms with Gasteiger partial charge in [0.2, 0.25) is 5.91 Å². The van der Waals surface area contributed by atoms with E-state index in [0.29, 0.717) is 24.8 Å². The van der Waals surface area contributed by atoms with Crippen molar-refractivity contribution in [2.24, 2.45) is 11.8 Å². The summed E-state index contributed by atoms with van der Waals surface area (Å²) in [5.41, 5.74) is 0. The lowest BCUT2D eigenvalue weighted by Crippen LogP contribution is -2.54. The molecule has 2 saturated carbocycles. The molecule has 0 bridgehead atoms. The molecule has 0 spiro atoms. The number of amides is 1. The Hall–Kier alpha value is -0.760. The molecule has 4 aliphatic rings. The van der Waals surface area contributed by atoms with Crippen LogP contribution in [0, 0.1) is 11.8 Å². The van der Waals surface area contributed by atoms with Gasteiger partial charge in [-0.2, -0.15) is 0 Å². The molecule has 2 aliphatic heterocycles. The van der Waals surface area contributed by atoms with E-state index in [1.54, 1.807) is 0 Å². The maximum Gasteiger partial charge on any atom is 0.237 e. The first-order valence-electron chi connectivity index (χ1n) is 11.8. The second kappa shape index (κ2) is 9.58. The topological polar surface area (TPSA) is 67.8 Å². The Bertz CT molecular complexity index is 539. The van der Waals surface area contributed by atoms with Crippen molar-refractivity contribution in [1.82, 2.24) is 20.4 Å². The molecular formula is C22H39FN4O2. The minimum absolute atomic E-state index is 0.00354. The zero-order valence-corrected chi connectivity index (χ0v) is 17.9. The van der Waals surface area contributed by atoms with Crippen LogP contribution >= 0.6 is 0 Å². The van der Waals surface area contributed by atoms with Crippen LogP contribution in [0.5, 0.6) is 0 Å². The van der Waals surface area contributed by atoms with Gasteiger partial charge in [0.05, 0.1) is 12.6 Å². The van der Waals surface area contributed by atoms with Gasteiger partial charge in [-0.3, -0.25) is 14.6 Å². The molecule has 2 heterocycles. The van der Waals surface area contributed by atoms with Gasteiger partial charge in [0, 0.05) is 56.8 Å². The molecule has 7 unspecified atom stereocenters. The van der Waals surface area contributed by atoms with Crippen LogP contribution in [0.15, 0.2) is 0 Å². The Morgan fingerprint density at radius 2 is 1.93 bits per heavy atom. The van der Waals surface area contributed by atoms with Crippen molar-refractivity contribution in [3.8, 4) is 0 Å². The fraction of sp³-hybridized carbons (Fsp3) is 0.955. The Labute approximate surface area is 174 Å². The number of fused-ring (bicyclic) bond motifs is 1. The van der Waals surface area contributed by atoms with Crippen molar-refractivity contribution in [2.75, 3.05) is 39.3 Å². The number of alkyl halides is 1. The SMILES string of the molecule is CC1CCC(F)C2CC(C(=O)NC3CCCC(N4CCN(CCO)CC4)C3)NC12. The lowest BCUT2D eigenvalue weighted by atomic mass is 9.77. The molecule has 4 fully saturated rings. The van der Waals surface area contributed by atoms with Crippen molar-refractivity contribution in [3.63, 3.8) is 0 Å². The molecule has 2 aliphatic carbocycles. The van der Waals surface area contributed by atoms with Crippen molar-refractivity contribution >= 4 is 5.91 Å². The largest absolute Gasteiger partial charge is 0.395 e. The molecule has 1 amide bonds. The maximum atomic E-state index is 14.3. The van der Waals surface area contributed by atoms with Crippen molar-refractivity contribution in [1.29, 1.82) is 0 Å². The number of piperazine rings is 1. The zero-order valence-electron chi connectivity index (χ0n) is 17.9. The monoisotopic (exact) mass is 410 g/mol. The van der Waals surface area contributed by atoms with Crippen LogP contribution in [0.3, 0.4) is 0 Å². The van der Waals surface area contributed by atoms with E-state index in [9.17, 15) is 9.18 Å². The van der Waals surface area contributed by atoms with Gasteiger partial charge in [0.15, 0.2) is 0 Å². The number of aliphatic hydroxyl groups excluding tert-OH is 1. The summed E-state index contributed by atoms with van der Waals surface area (Å²) in [5, 5.41) is 15.9. The maximum absolute atomic E-state index is 14.3. The van der Waals surface area contributed by atoms with Gasteiger partial charge in [-0.15, -0.1) is 0 Å². The van der Waals surface area contributed by atoms with Gasteiger partial charge in [-0.25, -0.2) is 4.39 Å². The Morgan fingerprint density at radius 3 is 2.66 bits per heavy atom.